The summed E-state index contributed by atoms with van der Waals surface area (Å²) in [5, 5.41) is 0. The first-order valence-electron chi connectivity index (χ1n) is 2.45. The molecule has 0 heterocycles. The van der Waals surface area contributed by atoms with Gasteiger partial charge in [-0.15, -0.1) is 12.6 Å². The molecule has 0 amide bonds. The van der Waals surface area contributed by atoms with E-state index in [1.807, 2.05) is 12.1 Å². The van der Waals surface area contributed by atoms with E-state index in [2.05, 4.69) is 67.1 Å². The summed E-state index contributed by atoms with van der Waals surface area (Å²) in [4.78, 5) is 0.957. The second kappa shape index (κ2) is 3.78. The molecule has 0 saturated carbocycles. The molecule has 0 N–H and O–H groups in total. The van der Waals surface area contributed by atoms with E-state index in [-0.39, 0.29) is 0 Å². The third-order valence-corrected chi connectivity index (χ3v) is 4.54. The summed E-state index contributed by atoms with van der Waals surface area (Å²) in [6.07, 6.45) is 0. The molecule has 0 fully saturated rings. The van der Waals surface area contributed by atoms with Crippen LogP contribution in [0.4, 0.5) is 0 Å². The number of thiol groups is 1. The molecule has 4 heteroatoms. The highest BCUT2D eigenvalue weighted by molar-refractivity contribution is 14.1. The fourth-order valence-electron chi connectivity index (χ4n) is 0.542. The standard InChI is InChI=1S/C6H3Br2IS/c7-3-1-4(9)6(8)5(10)2-3/h1-2,10H. The van der Waals surface area contributed by atoms with E-state index in [1.54, 1.807) is 0 Å². The van der Waals surface area contributed by atoms with Crippen molar-refractivity contribution in [3.8, 4) is 0 Å². The zero-order valence-electron chi connectivity index (χ0n) is 4.74. The van der Waals surface area contributed by atoms with Crippen molar-refractivity contribution >= 4 is 67.1 Å². The average Bonchev–Trinajstić information content (AvgIpc) is 1.82. The molecule has 1 aromatic rings. The van der Waals surface area contributed by atoms with Gasteiger partial charge in [0.05, 0.1) is 0 Å². The third-order valence-electron chi connectivity index (χ3n) is 0.974. The van der Waals surface area contributed by atoms with Gasteiger partial charge in [0, 0.05) is 17.4 Å². The van der Waals surface area contributed by atoms with Crippen LogP contribution < -0.4 is 0 Å². The molecule has 10 heavy (non-hydrogen) atoms. The minimum absolute atomic E-state index is 0.957. The smallest absolute Gasteiger partial charge is 0.0442 e. The SMILES string of the molecule is Sc1cc(Br)cc(I)c1Br. The van der Waals surface area contributed by atoms with Gasteiger partial charge in [0.15, 0.2) is 0 Å². The molecule has 0 aliphatic heterocycles. The first-order chi connectivity index (χ1) is 4.61. The second-order valence-corrected chi connectivity index (χ2v) is 5.07. The van der Waals surface area contributed by atoms with Crippen molar-refractivity contribution in [2.75, 3.05) is 0 Å². The van der Waals surface area contributed by atoms with Gasteiger partial charge in [0.1, 0.15) is 0 Å². The summed E-state index contributed by atoms with van der Waals surface area (Å²) in [6, 6.07) is 3.99. The Morgan fingerprint density at radius 1 is 1.30 bits per heavy atom. The van der Waals surface area contributed by atoms with E-state index >= 15 is 0 Å². The van der Waals surface area contributed by atoms with Crippen molar-refractivity contribution in [1.29, 1.82) is 0 Å². The van der Waals surface area contributed by atoms with Crippen LogP contribution in [0.15, 0.2) is 26.0 Å². The maximum absolute atomic E-state index is 4.26. The molecule has 0 aromatic heterocycles. The quantitative estimate of drug-likeness (QED) is 0.383. The molecule has 0 radical (unpaired) electrons. The normalized spacial score (nSPS) is 10.0. The highest BCUT2D eigenvalue weighted by Crippen LogP contribution is 2.29. The maximum Gasteiger partial charge on any atom is 0.0442 e. The second-order valence-electron chi connectivity index (χ2n) is 1.72. The third kappa shape index (κ3) is 2.12. The van der Waals surface area contributed by atoms with Crippen molar-refractivity contribution in [3.05, 3.63) is 24.6 Å². The van der Waals surface area contributed by atoms with Gasteiger partial charge in [-0.1, -0.05) is 15.9 Å². The Kier molecular flexibility index (Phi) is 3.53. The first kappa shape index (κ1) is 9.35. The molecule has 1 rings (SSSR count). The number of hydrogen-bond donors (Lipinski definition) is 1. The molecule has 0 spiro atoms. The molecular formula is C6H3Br2IS. The lowest BCUT2D eigenvalue weighted by Crippen LogP contribution is -1.76. The fraction of sp³-hybridized carbons (Fsp3) is 0. The van der Waals surface area contributed by atoms with Crippen molar-refractivity contribution in [2.45, 2.75) is 4.90 Å². The Hall–Kier alpha value is 1.26. The lowest BCUT2D eigenvalue weighted by molar-refractivity contribution is 1.36. The van der Waals surface area contributed by atoms with Crippen molar-refractivity contribution in [1.82, 2.24) is 0 Å². The molecular weight excluding hydrogens is 391 g/mol. The molecule has 54 valence electrons. The van der Waals surface area contributed by atoms with Gasteiger partial charge in [0.2, 0.25) is 0 Å². The zero-order chi connectivity index (χ0) is 7.72. The molecule has 0 aliphatic rings. The fourth-order valence-corrected chi connectivity index (χ4v) is 2.93. The van der Waals surface area contributed by atoms with E-state index in [1.165, 1.54) is 0 Å². The highest BCUT2D eigenvalue weighted by Gasteiger charge is 2.00. The molecule has 0 atom stereocenters. The van der Waals surface area contributed by atoms with Crippen LogP contribution in [0.1, 0.15) is 0 Å². The van der Waals surface area contributed by atoms with Crippen molar-refractivity contribution < 1.29 is 0 Å². The summed E-state index contributed by atoms with van der Waals surface area (Å²) in [5.41, 5.74) is 0. The largest absolute Gasteiger partial charge is 0.142 e. The summed E-state index contributed by atoms with van der Waals surface area (Å²) < 4.78 is 3.28. The van der Waals surface area contributed by atoms with Gasteiger partial charge >= 0.3 is 0 Å². The van der Waals surface area contributed by atoms with E-state index < -0.39 is 0 Å². The molecule has 0 aliphatic carbocycles. The van der Waals surface area contributed by atoms with E-state index in [4.69, 9.17) is 0 Å². The van der Waals surface area contributed by atoms with E-state index in [9.17, 15) is 0 Å². The highest BCUT2D eigenvalue weighted by atomic mass is 127. The molecule has 0 nitrogen and oxygen atoms in total. The van der Waals surface area contributed by atoms with Crippen LogP contribution in [0, 0.1) is 3.57 Å². The molecule has 0 saturated heterocycles. The molecule has 0 unspecified atom stereocenters. The zero-order valence-corrected chi connectivity index (χ0v) is 11.0. The Bertz CT molecular complexity index is 239. The van der Waals surface area contributed by atoms with Gasteiger partial charge in [0.25, 0.3) is 0 Å². The van der Waals surface area contributed by atoms with Crippen LogP contribution in [0.2, 0.25) is 0 Å². The summed E-state index contributed by atoms with van der Waals surface area (Å²) >= 11 is 13.3. The van der Waals surface area contributed by atoms with Gasteiger partial charge in [-0.05, 0) is 50.7 Å². The lowest BCUT2D eigenvalue weighted by atomic mass is 10.4. The van der Waals surface area contributed by atoms with Gasteiger partial charge < -0.3 is 0 Å². The van der Waals surface area contributed by atoms with Crippen LogP contribution in [0.3, 0.4) is 0 Å². The Labute approximate surface area is 95.6 Å². The van der Waals surface area contributed by atoms with Crippen LogP contribution in [-0.2, 0) is 0 Å². The minimum Gasteiger partial charge on any atom is -0.142 e. The molecule has 1 aromatic carbocycles. The number of hydrogen-bond acceptors (Lipinski definition) is 1. The Morgan fingerprint density at radius 3 is 2.40 bits per heavy atom. The minimum atomic E-state index is 0.957. The average molecular weight is 394 g/mol. The summed E-state index contributed by atoms with van der Waals surface area (Å²) in [5.74, 6) is 0. The predicted molar refractivity (Wildman–Crippen MR) is 61.8 cm³/mol. The van der Waals surface area contributed by atoms with Crippen LogP contribution >= 0.6 is 67.1 Å². The Balaban J connectivity index is 3.31. The van der Waals surface area contributed by atoms with E-state index in [0.29, 0.717) is 0 Å². The lowest BCUT2D eigenvalue weighted by Gasteiger charge is -1.99. The van der Waals surface area contributed by atoms with Crippen LogP contribution in [-0.4, -0.2) is 0 Å². The van der Waals surface area contributed by atoms with Crippen molar-refractivity contribution in [3.63, 3.8) is 0 Å². The molecule has 0 bridgehead atoms. The van der Waals surface area contributed by atoms with Crippen molar-refractivity contribution in [2.24, 2.45) is 0 Å². The number of halogens is 3. The summed E-state index contributed by atoms with van der Waals surface area (Å²) in [7, 11) is 0. The monoisotopic (exact) mass is 392 g/mol. The Morgan fingerprint density at radius 2 is 1.90 bits per heavy atom. The van der Waals surface area contributed by atoms with Crippen LogP contribution in [0.5, 0.6) is 0 Å². The first-order valence-corrected chi connectivity index (χ1v) is 5.56. The maximum atomic E-state index is 4.26. The summed E-state index contributed by atoms with van der Waals surface area (Å²) in [6.45, 7) is 0. The van der Waals surface area contributed by atoms with Gasteiger partial charge in [-0.3, -0.25) is 0 Å². The topological polar surface area (TPSA) is 0 Å². The van der Waals surface area contributed by atoms with Crippen LogP contribution in [0.25, 0.3) is 0 Å². The number of rotatable bonds is 0. The predicted octanol–water partition coefficient (Wildman–Crippen LogP) is 4.10. The number of benzene rings is 1. The van der Waals surface area contributed by atoms with Gasteiger partial charge in [-0.25, -0.2) is 0 Å². The van der Waals surface area contributed by atoms with E-state index in [0.717, 1.165) is 17.4 Å². The van der Waals surface area contributed by atoms with Gasteiger partial charge in [-0.2, -0.15) is 0 Å².